The van der Waals surface area contributed by atoms with Gasteiger partial charge in [0.1, 0.15) is 12.6 Å². The Balaban J connectivity index is 1.59. The first-order chi connectivity index (χ1) is 22.1. The van der Waals surface area contributed by atoms with E-state index in [2.05, 4.69) is 5.32 Å². The van der Waals surface area contributed by atoms with Gasteiger partial charge in [0.25, 0.3) is 10.0 Å². The zero-order valence-corrected chi connectivity index (χ0v) is 27.9. The number of anilines is 1. The quantitative estimate of drug-likeness (QED) is 0.172. The molecule has 10 heteroatoms. The van der Waals surface area contributed by atoms with E-state index in [-0.39, 0.29) is 45.5 Å². The summed E-state index contributed by atoms with van der Waals surface area (Å²) in [4.78, 5) is 30.3. The van der Waals surface area contributed by atoms with Crippen LogP contribution in [0.25, 0.3) is 0 Å². The zero-order valence-electron chi connectivity index (χ0n) is 25.6. The van der Waals surface area contributed by atoms with Crippen LogP contribution < -0.4 is 9.62 Å². The minimum Gasteiger partial charge on any atom is -0.352 e. The van der Waals surface area contributed by atoms with Crippen molar-refractivity contribution in [1.29, 1.82) is 0 Å². The van der Waals surface area contributed by atoms with Crippen LogP contribution in [0.3, 0.4) is 0 Å². The molecule has 46 heavy (non-hydrogen) atoms. The highest BCUT2D eigenvalue weighted by Gasteiger charge is 2.36. The molecule has 0 aromatic heterocycles. The number of carbonyl (C=O) groups excluding carboxylic acids is 2. The van der Waals surface area contributed by atoms with Crippen LogP contribution in [-0.2, 0) is 32.6 Å². The van der Waals surface area contributed by atoms with Crippen molar-refractivity contribution in [3.8, 4) is 0 Å². The standard InChI is InChI=1S/C36H37Cl2N3O4S/c1-26-13-8-9-16-28(26)24-40(33(23-27-14-4-2-5-15-27)36(43)39-29-17-10-11-18-29)34(42)25-41(32-22-12-21-31(37)35(32)38)46(44,45)30-19-6-3-7-20-30/h2-9,12-16,19-22,29,33H,10-11,17-18,23-25H2,1H3,(H,39,43)/t33-/m1/s1. The first-order valence-corrected chi connectivity index (χ1v) is 17.5. The van der Waals surface area contributed by atoms with Gasteiger partial charge in [-0.05, 0) is 60.7 Å². The summed E-state index contributed by atoms with van der Waals surface area (Å²) in [6.45, 7) is 1.44. The van der Waals surface area contributed by atoms with Gasteiger partial charge in [0, 0.05) is 19.0 Å². The fourth-order valence-corrected chi connectivity index (χ4v) is 7.71. The van der Waals surface area contributed by atoms with Gasteiger partial charge in [-0.3, -0.25) is 13.9 Å². The van der Waals surface area contributed by atoms with Crippen molar-refractivity contribution in [2.24, 2.45) is 0 Å². The summed E-state index contributed by atoms with van der Waals surface area (Å²) in [7, 11) is -4.28. The second-order valence-electron chi connectivity index (χ2n) is 11.5. The minimum absolute atomic E-state index is 0.00161. The summed E-state index contributed by atoms with van der Waals surface area (Å²) in [6.07, 6.45) is 4.08. The molecule has 0 saturated heterocycles. The molecule has 1 aliphatic carbocycles. The predicted molar refractivity (Wildman–Crippen MR) is 183 cm³/mol. The zero-order chi connectivity index (χ0) is 32.7. The lowest BCUT2D eigenvalue weighted by Crippen LogP contribution is -2.54. The number of amides is 2. The summed E-state index contributed by atoms with van der Waals surface area (Å²) in [5.74, 6) is -0.822. The highest BCUT2D eigenvalue weighted by atomic mass is 35.5. The molecule has 0 aliphatic heterocycles. The van der Waals surface area contributed by atoms with Crippen molar-refractivity contribution >= 4 is 50.7 Å². The lowest BCUT2D eigenvalue weighted by molar-refractivity contribution is -0.140. The molecule has 0 radical (unpaired) electrons. The number of hydrogen-bond donors (Lipinski definition) is 1. The van der Waals surface area contributed by atoms with Crippen molar-refractivity contribution in [3.63, 3.8) is 0 Å². The SMILES string of the molecule is Cc1ccccc1CN(C(=O)CN(c1cccc(Cl)c1Cl)S(=O)(=O)c1ccccc1)[C@H](Cc1ccccc1)C(=O)NC1CCCC1. The Labute approximate surface area is 281 Å². The maximum Gasteiger partial charge on any atom is 0.264 e. The number of nitrogens with one attached hydrogen (secondary N) is 1. The van der Waals surface area contributed by atoms with Crippen LogP contribution >= 0.6 is 23.2 Å². The minimum atomic E-state index is -4.28. The molecule has 0 unspecified atom stereocenters. The van der Waals surface area contributed by atoms with E-state index in [1.54, 1.807) is 30.3 Å². The number of rotatable bonds is 12. The van der Waals surface area contributed by atoms with E-state index in [0.717, 1.165) is 46.7 Å². The second-order valence-corrected chi connectivity index (χ2v) is 14.2. The number of carbonyl (C=O) groups is 2. The van der Waals surface area contributed by atoms with E-state index >= 15 is 0 Å². The van der Waals surface area contributed by atoms with E-state index in [9.17, 15) is 18.0 Å². The third kappa shape index (κ3) is 7.92. The fourth-order valence-electron chi connectivity index (χ4n) is 5.81. The van der Waals surface area contributed by atoms with Gasteiger partial charge in [0.15, 0.2) is 0 Å². The lowest BCUT2D eigenvalue weighted by Gasteiger charge is -2.35. The van der Waals surface area contributed by atoms with Gasteiger partial charge in [-0.25, -0.2) is 8.42 Å². The van der Waals surface area contributed by atoms with Gasteiger partial charge < -0.3 is 10.2 Å². The van der Waals surface area contributed by atoms with Crippen molar-refractivity contribution in [2.45, 2.75) is 62.6 Å². The summed E-state index contributed by atoms with van der Waals surface area (Å²) in [5, 5.41) is 3.34. The van der Waals surface area contributed by atoms with E-state index in [4.69, 9.17) is 23.2 Å². The summed E-state index contributed by atoms with van der Waals surface area (Å²) in [5.41, 5.74) is 2.74. The predicted octanol–water partition coefficient (Wildman–Crippen LogP) is 7.20. The number of benzene rings is 4. The molecule has 1 aliphatic rings. The summed E-state index contributed by atoms with van der Waals surface area (Å²) >= 11 is 12.9. The Morgan fingerprint density at radius 3 is 2.15 bits per heavy atom. The average Bonchev–Trinajstić information content (AvgIpc) is 3.57. The molecule has 2 amide bonds. The van der Waals surface area contributed by atoms with E-state index < -0.39 is 28.5 Å². The van der Waals surface area contributed by atoms with Crippen molar-refractivity contribution in [2.75, 3.05) is 10.8 Å². The molecule has 0 heterocycles. The first-order valence-electron chi connectivity index (χ1n) is 15.3. The Morgan fingerprint density at radius 1 is 0.848 bits per heavy atom. The van der Waals surface area contributed by atoms with Crippen molar-refractivity contribution in [3.05, 3.63) is 130 Å². The normalized spacial score (nSPS) is 14.1. The molecule has 7 nitrogen and oxygen atoms in total. The number of halogens is 2. The summed E-state index contributed by atoms with van der Waals surface area (Å²) < 4.78 is 29.3. The van der Waals surface area contributed by atoms with Crippen molar-refractivity contribution in [1.82, 2.24) is 10.2 Å². The van der Waals surface area contributed by atoms with E-state index in [1.807, 2.05) is 61.5 Å². The second kappa shape index (κ2) is 15.2. The molecule has 0 spiro atoms. The Hall–Kier alpha value is -3.85. The lowest BCUT2D eigenvalue weighted by atomic mass is 10.0. The molecule has 5 rings (SSSR count). The molecule has 240 valence electrons. The van der Waals surface area contributed by atoms with Gasteiger partial charge in [0.2, 0.25) is 11.8 Å². The van der Waals surface area contributed by atoms with Gasteiger partial charge in [0.05, 0.1) is 20.6 Å². The topological polar surface area (TPSA) is 86.8 Å². The van der Waals surface area contributed by atoms with E-state index in [0.29, 0.717) is 0 Å². The van der Waals surface area contributed by atoms with Crippen LogP contribution in [0.15, 0.2) is 108 Å². The molecular weight excluding hydrogens is 641 g/mol. The van der Waals surface area contributed by atoms with Crippen molar-refractivity contribution < 1.29 is 18.0 Å². The smallest absolute Gasteiger partial charge is 0.264 e. The van der Waals surface area contributed by atoms with Gasteiger partial charge >= 0.3 is 0 Å². The maximum absolute atomic E-state index is 14.7. The number of aryl methyl sites for hydroxylation is 1. The largest absolute Gasteiger partial charge is 0.352 e. The molecule has 1 N–H and O–H groups in total. The van der Waals surface area contributed by atoms with Crippen LogP contribution in [-0.4, -0.2) is 43.8 Å². The molecule has 1 saturated carbocycles. The third-order valence-electron chi connectivity index (χ3n) is 8.38. The molecule has 1 atom stereocenters. The Bertz CT molecular complexity index is 1760. The highest BCUT2D eigenvalue weighted by molar-refractivity contribution is 7.92. The van der Waals surface area contributed by atoms with Crippen LogP contribution in [0.1, 0.15) is 42.4 Å². The number of sulfonamides is 1. The maximum atomic E-state index is 14.7. The number of hydrogen-bond acceptors (Lipinski definition) is 4. The Morgan fingerprint density at radius 2 is 1.48 bits per heavy atom. The summed E-state index contributed by atoms with van der Waals surface area (Å²) in [6, 6.07) is 28.8. The fraction of sp³-hybridized carbons (Fsp3) is 0.278. The van der Waals surface area contributed by atoms with Gasteiger partial charge in [-0.1, -0.05) is 115 Å². The molecule has 4 aromatic carbocycles. The van der Waals surface area contributed by atoms with Crippen LogP contribution in [0.4, 0.5) is 5.69 Å². The molecule has 1 fully saturated rings. The van der Waals surface area contributed by atoms with Gasteiger partial charge in [-0.2, -0.15) is 0 Å². The highest BCUT2D eigenvalue weighted by Crippen LogP contribution is 2.35. The third-order valence-corrected chi connectivity index (χ3v) is 11.0. The molecule has 0 bridgehead atoms. The average molecular weight is 679 g/mol. The van der Waals surface area contributed by atoms with E-state index in [1.165, 1.54) is 23.1 Å². The monoisotopic (exact) mass is 677 g/mol. The van der Waals surface area contributed by atoms with Crippen LogP contribution in [0.5, 0.6) is 0 Å². The van der Waals surface area contributed by atoms with Gasteiger partial charge in [-0.15, -0.1) is 0 Å². The molecular formula is C36H37Cl2N3O4S. The van der Waals surface area contributed by atoms with Crippen LogP contribution in [0, 0.1) is 6.92 Å². The number of nitrogens with zero attached hydrogens (tertiary/aromatic N) is 2. The Kier molecular flexibility index (Phi) is 11.0. The molecule has 4 aromatic rings. The van der Waals surface area contributed by atoms with Crippen LogP contribution in [0.2, 0.25) is 10.0 Å². The first kappa shape index (κ1) is 33.5.